The van der Waals surface area contributed by atoms with Gasteiger partial charge in [0.25, 0.3) is 5.91 Å². The molecule has 2 aromatic carbocycles. The Kier molecular flexibility index (Phi) is 5.27. The summed E-state index contributed by atoms with van der Waals surface area (Å²) < 4.78 is 38.5. The van der Waals surface area contributed by atoms with Gasteiger partial charge in [0, 0.05) is 23.3 Å². The molecule has 1 aromatic heterocycles. The summed E-state index contributed by atoms with van der Waals surface area (Å²) in [7, 11) is 0. The molecule has 0 saturated heterocycles. The van der Waals surface area contributed by atoms with Gasteiger partial charge in [0.1, 0.15) is 5.69 Å². The van der Waals surface area contributed by atoms with Crippen LogP contribution in [0.1, 0.15) is 21.6 Å². The monoisotopic (exact) mass is 382 g/mol. The molecule has 0 aliphatic rings. The molecule has 140 valence electrons. The summed E-state index contributed by atoms with van der Waals surface area (Å²) >= 11 is 0. The Labute approximate surface area is 158 Å². The van der Waals surface area contributed by atoms with Crippen LogP contribution >= 0.6 is 0 Å². The van der Waals surface area contributed by atoms with Crippen LogP contribution in [0.5, 0.6) is 0 Å². The quantitative estimate of drug-likeness (QED) is 0.668. The molecule has 0 fully saturated rings. The van der Waals surface area contributed by atoms with E-state index in [0.29, 0.717) is 16.9 Å². The van der Waals surface area contributed by atoms with Crippen LogP contribution in [0.15, 0.2) is 66.9 Å². The second kappa shape index (κ2) is 7.80. The highest BCUT2D eigenvalue weighted by atomic mass is 19.4. The number of rotatable bonds is 4. The highest BCUT2D eigenvalue weighted by Gasteiger charge is 2.30. The number of carbonyl (C=O) groups is 1. The molecule has 5 nitrogen and oxygen atoms in total. The maximum absolute atomic E-state index is 12.8. The first kappa shape index (κ1) is 18.9. The lowest BCUT2D eigenvalue weighted by atomic mass is 10.2. The van der Waals surface area contributed by atoms with Crippen LogP contribution in [0.2, 0.25) is 0 Å². The van der Waals surface area contributed by atoms with E-state index in [2.05, 4.69) is 15.6 Å². The number of anilines is 3. The van der Waals surface area contributed by atoms with Crippen molar-refractivity contribution < 1.29 is 18.0 Å². The Morgan fingerprint density at radius 3 is 2.43 bits per heavy atom. The van der Waals surface area contributed by atoms with Crippen LogP contribution in [0.3, 0.4) is 0 Å². The lowest BCUT2D eigenvalue weighted by Gasteiger charge is -2.11. The Morgan fingerprint density at radius 2 is 1.68 bits per heavy atom. The van der Waals surface area contributed by atoms with Crippen molar-refractivity contribution in [3.63, 3.8) is 0 Å². The number of amides is 1. The third-order valence-corrected chi connectivity index (χ3v) is 3.72. The van der Waals surface area contributed by atoms with E-state index in [-0.39, 0.29) is 11.4 Å². The van der Waals surface area contributed by atoms with Gasteiger partial charge in [-0.05, 0) is 48.5 Å². The lowest BCUT2D eigenvalue weighted by molar-refractivity contribution is -0.137. The maximum Gasteiger partial charge on any atom is 0.416 e. The van der Waals surface area contributed by atoms with Crippen LogP contribution in [0, 0.1) is 11.3 Å². The van der Waals surface area contributed by atoms with E-state index in [1.54, 1.807) is 18.2 Å². The molecule has 0 saturated carbocycles. The summed E-state index contributed by atoms with van der Waals surface area (Å²) in [5.41, 5.74) is 0.758. The van der Waals surface area contributed by atoms with Crippen molar-refractivity contribution in [3.05, 3.63) is 83.7 Å². The summed E-state index contributed by atoms with van der Waals surface area (Å²) in [5.74, 6) is -0.511. The van der Waals surface area contributed by atoms with Crippen LogP contribution < -0.4 is 10.6 Å². The molecule has 0 radical (unpaired) electrons. The van der Waals surface area contributed by atoms with Gasteiger partial charge in [0.05, 0.1) is 17.2 Å². The SMILES string of the molecule is N#Cc1cccc(NC(=O)c2cc(Nc3cccc(C(F)(F)F)c3)ccn2)c1. The van der Waals surface area contributed by atoms with E-state index >= 15 is 0 Å². The van der Waals surface area contributed by atoms with Crippen molar-refractivity contribution in [1.82, 2.24) is 4.98 Å². The number of nitriles is 1. The smallest absolute Gasteiger partial charge is 0.355 e. The van der Waals surface area contributed by atoms with Gasteiger partial charge in [-0.3, -0.25) is 9.78 Å². The van der Waals surface area contributed by atoms with Crippen molar-refractivity contribution in [2.24, 2.45) is 0 Å². The molecule has 1 heterocycles. The van der Waals surface area contributed by atoms with Gasteiger partial charge in [0.15, 0.2) is 0 Å². The lowest BCUT2D eigenvalue weighted by Crippen LogP contribution is -2.14. The van der Waals surface area contributed by atoms with Crippen LogP contribution in [-0.4, -0.2) is 10.9 Å². The number of halogens is 3. The normalized spacial score (nSPS) is 10.8. The second-order valence-electron chi connectivity index (χ2n) is 5.78. The first-order valence-electron chi connectivity index (χ1n) is 8.07. The topological polar surface area (TPSA) is 77.8 Å². The summed E-state index contributed by atoms with van der Waals surface area (Å²) in [6.07, 6.45) is -3.07. The molecule has 0 spiro atoms. The number of aromatic nitrogens is 1. The number of nitrogens with one attached hydrogen (secondary N) is 2. The van der Waals surface area contributed by atoms with Crippen molar-refractivity contribution in [3.8, 4) is 6.07 Å². The van der Waals surface area contributed by atoms with Crippen LogP contribution in [-0.2, 0) is 6.18 Å². The summed E-state index contributed by atoms with van der Waals surface area (Å²) in [5, 5.41) is 14.4. The average molecular weight is 382 g/mol. The van der Waals surface area contributed by atoms with Crippen molar-refractivity contribution in [1.29, 1.82) is 5.26 Å². The predicted octanol–water partition coefficient (Wildman–Crippen LogP) is 4.97. The Balaban J connectivity index is 1.77. The molecule has 0 unspecified atom stereocenters. The van der Waals surface area contributed by atoms with Gasteiger partial charge in [-0.15, -0.1) is 0 Å². The number of nitrogens with zero attached hydrogens (tertiary/aromatic N) is 2. The highest BCUT2D eigenvalue weighted by Crippen LogP contribution is 2.31. The second-order valence-corrected chi connectivity index (χ2v) is 5.78. The van der Waals surface area contributed by atoms with Gasteiger partial charge in [-0.1, -0.05) is 12.1 Å². The van der Waals surface area contributed by atoms with Gasteiger partial charge >= 0.3 is 6.18 Å². The molecule has 28 heavy (non-hydrogen) atoms. The van der Waals surface area contributed by atoms with Crippen molar-refractivity contribution in [2.75, 3.05) is 10.6 Å². The summed E-state index contributed by atoms with van der Waals surface area (Å²) in [4.78, 5) is 16.4. The minimum absolute atomic E-state index is 0.0688. The number of hydrogen-bond acceptors (Lipinski definition) is 4. The fraction of sp³-hybridized carbons (Fsp3) is 0.0500. The fourth-order valence-electron chi connectivity index (χ4n) is 2.43. The standard InChI is InChI=1S/C20H13F3N4O/c21-20(22,23)14-4-2-6-16(10-14)26-17-7-8-25-18(11-17)19(28)27-15-5-1-3-13(9-15)12-24/h1-11H,(H,25,26)(H,27,28). The van der Waals surface area contributed by atoms with Gasteiger partial charge in [-0.2, -0.15) is 18.4 Å². The summed E-state index contributed by atoms with van der Waals surface area (Å²) in [6.45, 7) is 0. The molecule has 0 aliphatic heterocycles. The van der Waals surface area contributed by atoms with E-state index in [4.69, 9.17) is 5.26 Å². The Hall–Kier alpha value is -3.86. The van der Waals surface area contributed by atoms with Crippen LogP contribution in [0.4, 0.5) is 30.2 Å². The van der Waals surface area contributed by atoms with Crippen molar-refractivity contribution in [2.45, 2.75) is 6.18 Å². The van der Waals surface area contributed by atoms with E-state index in [1.165, 1.54) is 36.5 Å². The van der Waals surface area contributed by atoms with E-state index in [0.717, 1.165) is 12.1 Å². The number of benzene rings is 2. The zero-order valence-electron chi connectivity index (χ0n) is 14.3. The molecular formula is C20H13F3N4O. The van der Waals surface area contributed by atoms with Gasteiger partial charge < -0.3 is 10.6 Å². The van der Waals surface area contributed by atoms with Gasteiger partial charge in [0.2, 0.25) is 0 Å². The third kappa shape index (κ3) is 4.65. The van der Waals surface area contributed by atoms with E-state index in [1.807, 2.05) is 6.07 Å². The predicted molar refractivity (Wildman–Crippen MR) is 98.1 cm³/mol. The zero-order valence-corrected chi connectivity index (χ0v) is 14.3. The van der Waals surface area contributed by atoms with E-state index in [9.17, 15) is 18.0 Å². The van der Waals surface area contributed by atoms with Crippen LogP contribution in [0.25, 0.3) is 0 Å². The largest absolute Gasteiger partial charge is 0.416 e. The zero-order chi connectivity index (χ0) is 20.1. The van der Waals surface area contributed by atoms with Crippen molar-refractivity contribution >= 4 is 23.0 Å². The Bertz CT molecular complexity index is 1060. The van der Waals surface area contributed by atoms with E-state index < -0.39 is 17.6 Å². The Morgan fingerprint density at radius 1 is 0.964 bits per heavy atom. The molecule has 0 atom stereocenters. The first-order valence-corrected chi connectivity index (χ1v) is 8.07. The fourth-order valence-corrected chi connectivity index (χ4v) is 2.43. The molecule has 3 aromatic rings. The van der Waals surface area contributed by atoms with Gasteiger partial charge in [-0.25, -0.2) is 0 Å². The molecule has 8 heteroatoms. The highest BCUT2D eigenvalue weighted by molar-refractivity contribution is 6.03. The minimum atomic E-state index is -4.45. The molecule has 0 bridgehead atoms. The minimum Gasteiger partial charge on any atom is -0.355 e. The molecule has 0 aliphatic carbocycles. The molecule has 3 rings (SSSR count). The number of alkyl halides is 3. The third-order valence-electron chi connectivity index (χ3n) is 3.72. The summed E-state index contributed by atoms with van der Waals surface area (Å²) in [6, 6.07) is 16.1. The first-order chi connectivity index (χ1) is 13.3. The number of hydrogen-bond donors (Lipinski definition) is 2. The maximum atomic E-state index is 12.8. The molecule has 1 amide bonds. The molecule has 2 N–H and O–H groups in total. The number of carbonyl (C=O) groups excluding carboxylic acids is 1. The number of pyridine rings is 1. The molecular weight excluding hydrogens is 369 g/mol. The average Bonchev–Trinajstić information content (AvgIpc) is 2.68.